The van der Waals surface area contributed by atoms with Crippen molar-refractivity contribution in [2.75, 3.05) is 5.73 Å². The molecule has 11 heavy (non-hydrogen) atoms. The van der Waals surface area contributed by atoms with Gasteiger partial charge < -0.3 is 16.3 Å². The number of benzene rings is 1. The van der Waals surface area contributed by atoms with Gasteiger partial charge in [0.2, 0.25) is 0 Å². The molecule has 0 amide bonds. The number of phenolic OH excluding ortho intramolecular Hbond substituents is 1. The molecule has 0 heterocycles. The van der Waals surface area contributed by atoms with Crippen LogP contribution in [-0.2, 0) is 0 Å². The predicted molar refractivity (Wildman–Crippen MR) is 44.5 cm³/mol. The van der Waals surface area contributed by atoms with Gasteiger partial charge in [0.1, 0.15) is 5.75 Å². The van der Waals surface area contributed by atoms with Crippen molar-refractivity contribution in [2.24, 2.45) is 11.7 Å². The number of anilines is 1. The summed E-state index contributed by atoms with van der Waals surface area (Å²) < 4.78 is 0. The molecule has 5 nitrogen and oxygen atoms in total. The van der Waals surface area contributed by atoms with Crippen molar-refractivity contribution in [1.29, 1.82) is 0 Å². The average Bonchev–Trinajstić information content (AvgIpc) is 2.00. The van der Waals surface area contributed by atoms with Crippen LogP contribution in [0.15, 0.2) is 24.3 Å². The third-order valence-electron chi connectivity index (χ3n) is 0.893. The summed E-state index contributed by atoms with van der Waals surface area (Å²) >= 11 is 0. The largest absolute Gasteiger partial charge is 0.508 e. The molecule has 0 saturated carbocycles. The number of hydrogen-bond acceptors (Lipinski definition) is 4. The van der Waals surface area contributed by atoms with Gasteiger partial charge in [-0.25, -0.2) is 0 Å². The topological polar surface area (TPSA) is 130 Å². The molecule has 1 aromatic rings. The van der Waals surface area contributed by atoms with E-state index >= 15 is 0 Å². The molecule has 0 aliphatic rings. The fourth-order valence-electron chi connectivity index (χ4n) is 0.474. The zero-order chi connectivity index (χ0) is 7.98. The van der Waals surface area contributed by atoms with Crippen LogP contribution in [0.25, 0.3) is 0 Å². The number of hydrazine groups is 1. The zero-order valence-electron chi connectivity index (χ0n) is 5.99. The van der Waals surface area contributed by atoms with Crippen molar-refractivity contribution >= 4 is 5.69 Å². The molecule has 64 valence electrons. The van der Waals surface area contributed by atoms with Crippen LogP contribution in [0.1, 0.15) is 0 Å². The minimum atomic E-state index is 0. The lowest BCUT2D eigenvalue weighted by Crippen LogP contribution is -2.02. The first-order chi connectivity index (χ1) is 4.79. The Balaban J connectivity index is 0. The van der Waals surface area contributed by atoms with E-state index in [-0.39, 0.29) is 11.2 Å². The average molecular weight is 159 g/mol. The Morgan fingerprint density at radius 1 is 1.00 bits per heavy atom. The van der Waals surface area contributed by atoms with Crippen molar-refractivity contribution in [2.45, 2.75) is 0 Å². The zero-order valence-corrected chi connectivity index (χ0v) is 5.99. The standard InChI is InChI=1S/C6H7NO.H4N2.H2O/c7-5-1-3-6(8)4-2-5;1-2;/h1-4,8H,7H2;1-2H2;1H2. The molecule has 5 heteroatoms. The molecule has 0 spiro atoms. The third-order valence-corrected chi connectivity index (χ3v) is 0.893. The van der Waals surface area contributed by atoms with Gasteiger partial charge >= 0.3 is 0 Å². The third kappa shape index (κ3) is 5.16. The first kappa shape index (κ1) is 12.4. The van der Waals surface area contributed by atoms with Crippen molar-refractivity contribution in [3.8, 4) is 5.75 Å². The van der Waals surface area contributed by atoms with Crippen LogP contribution in [0.5, 0.6) is 5.75 Å². The highest BCUT2D eigenvalue weighted by molar-refractivity contribution is 5.40. The normalized spacial score (nSPS) is 7.09. The van der Waals surface area contributed by atoms with E-state index in [0.717, 1.165) is 0 Å². The highest BCUT2D eigenvalue weighted by Crippen LogP contribution is 2.09. The van der Waals surface area contributed by atoms with Crippen LogP contribution in [0, 0.1) is 0 Å². The molecular weight excluding hydrogens is 146 g/mol. The van der Waals surface area contributed by atoms with Crippen LogP contribution >= 0.6 is 0 Å². The van der Waals surface area contributed by atoms with Gasteiger partial charge in [-0.15, -0.1) is 0 Å². The second-order valence-electron chi connectivity index (χ2n) is 1.59. The summed E-state index contributed by atoms with van der Waals surface area (Å²) in [7, 11) is 0. The van der Waals surface area contributed by atoms with E-state index in [1.807, 2.05) is 0 Å². The van der Waals surface area contributed by atoms with Gasteiger partial charge in [0.05, 0.1) is 0 Å². The van der Waals surface area contributed by atoms with Gasteiger partial charge in [0.25, 0.3) is 0 Å². The molecule has 0 unspecified atom stereocenters. The smallest absolute Gasteiger partial charge is 0.115 e. The molecule has 0 aromatic heterocycles. The van der Waals surface area contributed by atoms with E-state index in [1.165, 1.54) is 0 Å². The summed E-state index contributed by atoms with van der Waals surface area (Å²) in [4.78, 5) is 0. The van der Waals surface area contributed by atoms with Crippen LogP contribution in [0.3, 0.4) is 0 Å². The minimum Gasteiger partial charge on any atom is -0.508 e. The second-order valence-corrected chi connectivity index (χ2v) is 1.59. The summed E-state index contributed by atoms with van der Waals surface area (Å²) in [6.07, 6.45) is 0. The number of hydrogen-bond donors (Lipinski definition) is 4. The van der Waals surface area contributed by atoms with E-state index < -0.39 is 0 Å². The first-order valence-corrected chi connectivity index (χ1v) is 2.67. The Morgan fingerprint density at radius 3 is 1.64 bits per heavy atom. The maximum Gasteiger partial charge on any atom is 0.115 e. The van der Waals surface area contributed by atoms with Crippen molar-refractivity contribution in [3.05, 3.63) is 24.3 Å². The second kappa shape index (κ2) is 6.81. The Kier molecular flexibility index (Phi) is 7.67. The van der Waals surface area contributed by atoms with E-state index in [2.05, 4.69) is 11.7 Å². The Labute approximate surface area is 64.7 Å². The number of nitrogens with two attached hydrogens (primary N) is 3. The molecule has 0 atom stereocenters. The van der Waals surface area contributed by atoms with Gasteiger partial charge in [-0.3, -0.25) is 11.7 Å². The van der Waals surface area contributed by atoms with Crippen LogP contribution in [0.2, 0.25) is 0 Å². The highest BCUT2D eigenvalue weighted by atomic mass is 16.3. The molecule has 0 aliphatic carbocycles. The van der Waals surface area contributed by atoms with E-state index in [1.54, 1.807) is 24.3 Å². The summed E-state index contributed by atoms with van der Waals surface area (Å²) in [5.74, 6) is 8.25. The molecule has 0 saturated heterocycles. The van der Waals surface area contributed by atoms with E-state index in [0.29, 0.717) is 5.69 Å². The lowest BCUT2D eigenvalue weighted by molar-refractivity contribution is 0.475. The van der Waals surface area contributed by atoms with Gasteiger partial charge in [-0.1, -0.05) is 0 Å². The molecule has 9 N–H and O–H groups in total. The quantitative estimate of drug-likeness (QED) is 0.167. The lowest BCUT2D eigenvalue weighted by atomic mass is 10.3. The monoisotopic (exact) mass is 159 g/mol. The summed E-state index contributed by atoms with van der Waals surface area (Å²) in [5, 5.41) is 8.70. The Bertz CT molecular complexity index is 155. The van der Waals surface area contributed by atoms with Crippen LogP contribution in [-0.4, -0.2) is 10.6 Å². The van der Waals surface area contributed by atoms with E-state index in [4.69, 9.17) is 10.8 Å². The SMILES string of the molecule is NN.Nc1ccc(O)cc1.O. The fourth-order valence-corrected chi connectivity index (χ4v) is 0.474. The maximum atomic E-state index is 8.70. The molecule has 0 bridgehead atoms. The number of rotatable bonds is 0. The molecule has 0 fully saturated rings. The number of aromatic hydroxyl groups is 1. The van der Waals surface area contributed by atoms with Gasteiger partial charge in [-0.2, -0.15) is 0 Å². The Hall–Kier alpha value is -1.30. The molecule has 0 aliphatic heterocycles. The summed E-state index contributed by atoms with van der Waals surface area (Å²) in [6.45, 7) is 0. The number of nitrogen functional groups attached to an aromatic ring is 1. The van der Waals surface area contributed by atoms with Crippen molar-refractivity contribution in [1.82, 2.24) is 0 Å². The van der Waals surface area contributed by atoms with Crippen LogP contribution < -0.4 is 17.4 Å². The number of phenols is 1. The predicted octanol–water partition coefficient (Wildman–Crippen LogP) is -1.03. The van der Waals surface area contributed by atoms with Gasteiger partial charge in [-0.05, 0) is 24.3 Å². The maximum absolute atomic E-state index is 8.70. The highest BCUT2D eigenvalue weighted by Gasteiger charge is 1.82. The van der Waals surface area contributed by atoms with Crippen molar-refractivity contribution < 1.29 is 10.6 Å². The Morgan fingerprint density at radius 2 is 1.36 bits per heavy atom. The minimum absolute atomic E-state index is 0. The van der Waals surface area contributed by atoms with Gasteiger partial charge in [0.15, 0.2) is 0 Å². The van der Waals surface area contributed by atoms with Gasteiger partial charge in [0, 0.05) is 5.69 Å². The lowest BCUT2D eigenvalue weighted by Gasteiger charge is -1.89. The van der Waals surface area contributed by atoms with Crippen molar-refractivity contribution in [3.63, 3.8) is 0 Å². The molecule has 1 aromatic carbocycles. The summed E-state index contributed by atoms with van der Waals surface area (Å²) in [5.41, 5.74) is 5.98. The molecular formula is C6H13N3O2. The summed E-state index contributed by atoms with van der Waals surface area (Å²) in [6, 6.07) is 6.40. The molecule has 1 rings (SSSR count). The molecule has 0 radical (unpaired) electrons. The first-order valence-electron chi connectivity index (χ1n) is 2.67. The van der Waals surface area contributed by atoms with Crippen LogP contribution in [0.4, 0.5) is 5.69 Å². The van der Waals surface area contributed by atoms with E-state index in [9.17, 15) is 0 Å². The fraction of sp³-hybridized carbons (Fsp3) is 0.